The summed E-state index contributed by atoms with van der Waals surface area (Å²) in [4.78, 5) is 0. The van der Waals surface area contributed by atoms with E-state index in [-0.39, 0.29) is 11.3 Å². The third-order valence-electron chi connectivity index (χ3n) is 3.88. The van der Waals surface area contributed by atoms with Crippen LogP contribution in [0.2, 0.25) is 0 Å². The van der Waals surface area contributed by atoms with E-state index in [9.17, 15) is 8.78 Å². The summed E-state index contributed by atoms with van der Waals surface area (Å²) in [7, 11) is 1.30. The number of rotatable bonds is 6. The van der Waals surface area contributed by atoms with Crippen LogP contribution in [0.5, 0.6) is 5.75 Å². The zero-order valence-corrected chi connectivity index (χ0v) is 14.2. The molecule has 0 unspecified atom stereocenters. The highest BCUT2D eigenvalue weighted by molar-refractivity contribution is 5.46. The third kappa shape index (κ3) is 4.83. The van der Waals surface area contributed by atoms with E-state index >= 15 is 0 Å². The lowest BCUT2D eigenvalue weighted by molar-refractivity contribution is 0.371. The predicted octanol–water partition coefficient (Wildman–Crippen LogP) is 5.50. The summed E-state index contributed by atoms with van der Waals surface area (Å²) in [6.07, 6.45) is 6.01. The van der Waals surface area contributed by atoms with Crippen LogP contribution in [0.15, 0.2) is 36.4 Å². The van der Waals surface area contributed by atoms with Gasteiger partial charge >= 0.3 is 0 Å². The number of hydrogen-bond donors (Lipinski definition) is 0. The molecule has 3 heteroatoms. The maximum atomic E-state index is 13.9. The van der Waals surface area contributed by atoms with E-state index < -0.39 is 11.6 Å². The maximum absolute atomic E-state index is 13.9. The van der Waals surface area contributed by atoms with E-state index in [0.29, 0.717) is 0 Å². The highest BCUT2D eigenvalue weighted by atomic mass is 19.2. The van der Waals surface area contributed by atoms with Gasteiger partial charge in [0.1, 0.15) is 0 Å². The number of unbranched alkanes of at least 4 members (excludes halogenated alkanes) is 3. The van der Waals surface area contributed by atoms with Gasteiger partial charge in [-0.3, -0.25) is 0 Å². The summed E-state index contributed by atoms with van der Waals surface area (Å²) >= 11 is 0. The average Bonchev–Trinajstić information content (AvgIpc) is 2.61. The summed E-state index contributed by atoms with van der Waals surface area (Å²) in [6, 6.07) is 10.7. The molecule has 0 aliphatic rings. The number of methoxy groups -OCH3 is 1. The molecule has 2 aromatic carbocycles. The van der Waals surface area contributed by atoms with Crippen LogP contribution in [0.1, 0.15) is 49.3 Å². The van der Waals surface area contributed by atoms with Crippen LogP contribution < -0.4 is 4.74 Å². The van der Waals surface area contributed by atoms with Crippen molar-refractivity contribution in [2.24, 2.45) is 0 Å². The van der Waals surface area contributed by atoms with Crippen LogP contribution in [0, 0.1) is 23.5 Å². The summed E-state index contributed by atoms with van der Waals surface area (Å²) in [5.74, 6) is 3.45. The molecule has 0 N–H and O–H groups in total. The number of halogens is 2. The Bertz CT molecular complexity index is 724. The monoisotopic (exact) mass is 328 g/mol. The van der Waals surface area contributed by atoms with Crippen molar-refractivity contribution in [1.82, 2.24) is 0 Å². The Balaban J connectivity index is 2.05. The molecule has 0 fully saturated rings. The molecule has 24 heavy (non-hydrogen) atoms. The molecular formula is C21H22F2O. The molecule has 2 aromatic rings. The van der Waals surface area contributed by atoms with Gasteiger partial charge in [0.15, 0.2) is 11.6 Å². The molecule has 0 atom stereocenters. The Kier molecular flexibility index (Phi) is 6.81. The highest BCUT2D eigenvalue weighted by Gasteiger charge is 2.12. The molecule has 0 aliphatic carbocycles. The van der Waals surface area contributed by atoms with Crippen LogP contribution in [0.25, 0.3) is 0 Å². The number of aryl methyl sites for hydroxylation is 1. The smallest absolute Gasteiger partial charge is 0.201 e. The second kappa shape index (κ2) is 9.08. The zero-order valence-electron chi connectivity index (χ0n) is 14.2. The van der Waals surface area contributed by atoms with Crippen LogP contribution in [-0.4, -0.2) is 7.11 Å². The Morgan fingerprint density at radius 1 is 0.875 bits per heavy atom. The fourth-order valence-corrected chi connectivity index (χ4v) is 2.44. The summed E-state index contributed by atoms with van der Waals surface area (Å²) in [5, 5.41) is 0. The van der Waals surface area contributed by atoms with Crippen molar-refractivity contribution in [3.8, 4) is 17.6 Å². The lowest BCUT2D eigenvalue weighted by atomic mass is 10.0. The SMILES string of the molecule is CCCCCCc1ccc(C#Cc2ccc(OC)c(F)c2F)cc1. The molecular weight excluding hydrogens is 306 g/mol. The van der Waals surface area contributed by atoms with Gasteiger partial charge in [0.2, 0.25) is 5.82 Å². The predicted molar refractivity (Wildman–Crippen MR) is 93.2 cm³/mol. The van der Waals surface area contributed by atoms with Crippen LogP contribution in [0.3, 0.4) is 0 Å². The van der Waals surface area contributed by atoms with Gasteiger partial charge in [-0.05, 0) is 42.7 Å². The van der Waals surface area contributed by atoms with Gasteiger partial charge in [0.25, 0.3) is 0 Å². The van der Waals surface area contributed by atoms with E-state index in [4.69, 9.17) is 4.74 Å². The molecule has 126 valence electrons. The minimum atomic E-state index is -1.01. The quantitative estimate of drug-likeness (QED) is 0.503. The molecule has 0 aliphatic heterocycles. The van der Waals surface area contributed by atoms with Crippen molar-refractivity contribution in [3.05, 3.63) is 64.7 Å². The first-order valence-corrected chi connectivity index (χ1v) is 8.28. The Labute approximate surface area is 142 Å². The minimum absolute atomic E-state index is 0.0249. The Morgan fingerprint density at radius 2 is 1.62 bits per heavy atom. The van der Waals surface area contributed by atoms with Crippen LogP contribution in [0.4, 0.5) is 8.78 Å². The van der Waals surface area contributed by atoms with Gasteiger partial charge in [-0.15, -0.1) is 0 Å². The van der Waals surface area contributed by atoms with Crippen molar-refractivity contribution in [2.45, 2.75) is 39.0 Å². The van der Waals surface area contributed by atoms with E-state index in [2.05, 4.69) is 18.8 Å². The van der Waals surface area contributed by atoms with Gasteiger partial charge < -0.3 is 4.74 Å². The standard InChI is InChI=1S/C21H22F2O/c1-3-4-5-6-7-16-8-10-17(11-9-16)12-13-18-14-15-19(24-2)21(23)20(18)22/h8-11,14-15H,3-7H2,1-2H3. The van der Waals surface area contributed by atoms with Gasteiger partial charge in [0.05, 0.1) is 12.7 Å². The van der Waals surface area contributed by atoms with E-state index in [1.54, 1.807) is 0 Å². The summed E-state index contributed by atoms with van der Waals surface area (Å²) < 4.78 is 32.2. The number of benzene rings is 2. The minimum Gasteiger partial charge on any atom is -0.494 e. The lowest BCUT2D eigenvalue weighted by Crippen LogP contribution is -1.95. The molecule has 0 radical (unpaired) electrons. The van der Waals surface area contributed by atoms with Gasteiger partial charge in [0, 0.05) is 5.56 Å². The third-order valence-corrected chi connectivity index (χ3v) is 3.88. The summed E-state index contributed by atoms with van der Waals surface area (Å²) in [5.41, 5.74) is 2.08. The van der Waals surface area contributed by atoms with Crippen molar-refractivity contribution in [2.75, 3.05) is 7.11 Å². The lowest BCUT2D eigenvalue weighted by Gasteiger charge is -2.03. The summed E-state index contributed by atoms with van der Waals surface area (Å²) in [6.45, 7) is 2.20. The van der Waals surface area contributed by atoms with Crippen molar-refractivity contribution in [1.29, 1.82) is 0 Å². The highest BCUT2D eigenvalue weighted by Crippen LogP contribution is 2.21. The topological polar surface area (TPSA) is 9.23 Å². The van der Waals surface area contributed by atoms with Crippen LogP contribution >= 0.6 is 0 Å². The van der Waals surface area contributed by atoms with Crippen molar-refractivity contribution >= 4 is 0 Å². The normalized spacial score (nSPS) is 10.2. The maximum Gasteiger partial charge on any atom is 0.201 e. The van der Waals surface area contributed by atoms with Gasteiger partial charge in [-0.25, -0.2) is 4.39 Å². The number of hydrogen-bond acceptors (Lipinski definition) is 1. The fourth-order valence-electron chi connectivity index (χ4n) is 2.44. The van der Waals surface area contributed by atoms with Crippen molar-refractivity contribution < 1.29 is 13.5 Å². The second-order valence-electron chi connectivity index (χ2n) is 5.70. The molecule has 0 saturated heterocycles. The molecule has 0 bridgehead atoms. The first kappa shape index (κ1) is 18.0. The molecule has 0 amide bonds. The molecule has 0 aromatic heterocycles. The first-order chi connectivity index (χ1) is 11.7. The van der Waals surface area contributed by atoms with E-state index in [0.717, 1.165) is 12.0 Å². The Morgan fingerprint density at radius 3 is 2.29 bits per heavy atom. The van der Waals surface area contributed by atoms with E-state index in [1.807, 2.05) is 24.3 Å². The fraction of sp³-hybridized carbons (Fsp3) is 0.333. The average molecular weight is 328 g/mol. The van der Waals surface area contributed by atoms with Crippen LogP contribution in [-0.2, 0) is 6.42 Å². The van der Waals surface area contributed by atoms with Gasteiger partial charge in [-0.2, -0.15) is 4.39 Å². The molecule has 0 heterocycles. The molecule has 1 nitrogen and oxygen atoms in total. The molecule has 0 saturated carbocycles. The zero-order chi connectivity index (χ0) is 17.4. The molecule has 0 spiro atoms. The van der Waals surface area contributed by atoms with E-state index in [1.165, 1.54) is 50.5 Å². The van der Waals surface area contributed by atoms with Gasteiger partial charge in [-0.1, -0.05) is 50.2 Å². The molecule has 2 rings (SSSR count). The largest absolute Gasteiger partial charge is 0.494 e. The van der Waals surface area contributed by atoms with Crippen molar-refractivity contribution in [3.63, 3.8) is 0 Å². The number of ether oxygens (including phenoxy) is 1. The first-order valence-electron chi connectivity index (χ1n) is 8.28. The Hall–Kier alpha value is -2.34. The second-order valence-corrected chi connectivity index (χ2v) is 5.70.